The summed E-state index contributed by atoms with van der Waals surface area (Å²) in [6, 6.07) is 17.3. The molecule has 0 bridgehead atoms. The Hall–Kier alpha value is -2.87. The second-order valence-electron chi connectivity index (χ2n) is 5.57. The van der Waals surface area contributed by atoms with Gasteiger partial charge in [0, 0.05) is 19.5 Å². The molecule has 2 heterocycles. The molecule has 0 aliphatic carbocycles. The van der Waals surface area contributed by atoms with Crippen molar-refractivity contribution < 1.29 is 4.79 Å². The summed E-state index contributed by atoms with van der Waals surface area (Å²) in [6.07, 6.45) is 1.55. The summed E-state index contributed by atoms with van der Waals surface area (Å²) in [5, 5.41) is 12.3. The number of nitrogens with zero attached hydrogens (tertiary/aromatic N) is 3. The largest absolute Gasteiger partial charge is 0.361 e. The molecule has 5 heteroatoms. The van der Waals surface area contributed by atoms with Crippen molar-refractivity contribution in [1.29, 1.82) is 5.26 Å². The van der Waals surface area contributed by atoms with Crippen LogP contribution in [0.5, 0.6) is 0 Å². The molecule has 1 fully saturated rings. The fourth-order valence-electron chi connectivity index (χ4n) is 2.79. The van der Waals surface area contributed by atoms with Gasteiger partial charge >= 0.3 is 0 Å². The Labute approximate surface area is 135 Å². The van der Waals surface area contributed by atoms with E-state index in [4.69, 9.17) is 5.26 Å². The Kier molecular flexibility index (Phi) is 4.53. The fraction of sp³-hybridized carbons (Fsp3) is 0.278. The van der Waals surface area contributed by atoms with E-state index in [1.165, 1.54) is 0 Å². The summed E-state index contributed by atoms with van der Waals surface area (Å²) in [5.41, 5.74) is 1.47. The number of aromatic nitrogens is 1. The van der Waals surface area contributed by atoms with Crippen molar-refractivity contribution in [3.8, 4) is 6.07 Å². The second-order valence-corrected chi connectivity index (χ2v) is 5.57. The number of carbonyl (C=O) groups is 1. The molecule has 2 aromatic rings. The van der Waals surface area contributed by atoms with Gasteiger partial charge in [-0.05, 0) is 24.1 Å². The highest BCUT2D eigenvalue weighted by atomic mass is 16.2. The lowest BCUT2D eigenvalue weighted by Gasteiger charge is -2.25. The third-order valence-electron chi connectivity index (χ3n) is 3.96. The number of amides is 1. The van der Waals surface area contributed by atoms with E-state index in [2.05, 4.69) is 10.3 Å². The van der Waals surface area contributed by atoms with Crippen LogP contribution in [-0.4, -0.2) is 28.9 Å². The normalized spacial score (nSPS) is 15.3. The lowest BCUT2D eigenvalue weighted by molar-refractivity contribution is -0.127. The molecule has 5 nitrogen and oxygen atoms in total. The first-order valence-electron chi connectivity index (χ1n) is 7.72. The number of likely N-dealkylation sites (tertiary alicyclic amines) is 1. The van der Waals surface area contributed by atoms with E-state index in [9.17, 15) is 4.79 Å². The second kappa shape index (κ2) is 6.93. The van der Waals surface area contributed by atoms with Gasteiger partial charge < -0.3 is 10.2 Å². The van der Waals surface area contributed by atoms with Gasteiger partial charge in [0.15, 0.2) is 0 Å². The molecule has 0 saturated carbocycles. The highest BCUT2D eigenvalue weighted by Crippen LogP contribution is 2.22. The van der Waals surface area contributed by atoms with Crippen LogP contribution in [0.15, 0.2) is 48.5 Å². The number of anilines is 1. The van der Waals surface area contributed by atoms with Crippen molar-refractivity contribution >= 4 is 11.7 Å². The Balaban J connectivity index is 1.82. The molecule has 23 heavy (non-hydrogen) atoms. The minimum atomic E-state index is -0.0558. The molecular formula is C18H18N4O. The molecule has 1 aliphatic rings. The Morgan fingerprint density at radius 3 is 2.74 bits per heavy atom. The van der Waals surface area contributed by atoms with Crippen LogP contribution in [-0.2, 0) is 4.79 Å². The molecule has 1 atom stereocenters. The molecule has 1 aromatic carbocycles. The molecule has 1 aromatic heterocycles. The zero-order valence-electron chi connectivity index (χ0n) is 12.8. The monoisotopic (exact) mass is 306 g/mol. The van der Waals surface area contributed by atoms with E-state index in [1.54, 1.807) is 12.1 Å². The van der Waals surface area contributed by atoms with E-state index in [-0.39, 0.29) is 11.9 Å². The van der Waals surface area contributed by atoms with E-state index >= 15 is 0 Å². The van der Waals surface area contributed by atoms with E-state index in [0.29, 0.717) is 24.5 Å². The minimum Gasteiger partial charge on any atom is -0.361 e. The summed E-state index contributed by atoms with van der Waals surface area (Å²) in [6.45, 7) is 1.40. The van der Waals surface area contributed by atoms with Gasteiger partial charge in [0.2, 0.25) is 5.91 Å². The number of hydrogen-bond donors (Lipinski definition) is 1. The van der Waals surface area contributed by atoms with Crippen molar-refractivity contribution in [3.05, 3.63) is 59.8 Å². The molecule has 1 unspecified atom stereocenters. The molecule has 116 valence electrons. The maximum absolute atomic E-state index is 11.9. The quantitative estimate of drug-likeness (QED) is 0.922. The van der Waals surface area contributed by atoms with Crippen LogP contribution in [0.3, 0.4) is 0 Å². The van der Waals surface area contributed by atoms with E-state index < -0.39 is 0 Å². The maximum Gasteiger partial charge on any atom is 0.222 e. The average Bonchev–Trinajstić information content (AvgIpc) is 3.00. The van der Waals surface area contributed by atoms with Crippen molar-refractivity contribution in [2.45, 2.75) is 18.9 Å². The summed E-state index contributed by atoms with van der Waals surface area (Å²) in [7, 11) is 0. The van der Waals surface area contributed by atoms with Gasteiger partial charge in [-0.1, -0.05) is 36.4 Å². The SMILES string of the molecule is N#Cc1cccc(NC(CN2CCCC2=O)c2ccccc2)n1. The lowest BCUT2D eigenvalue weighted by Crippen LogP contribution is -2.32. The molecule has 1 N–H and O–H groups in total. The van der Waals surface area contributed by atoms with Crippen molar-refractivity contribution in [3.63, 3.8) is 0 Å². The number of benzene rings is 1. The van der Waals surface area contributed by atoms with E-state index in [0.717, 1.165) is 18.5 Å². The zero-order valence-corrected chi connectivity index (χ0v) is 12.8. The summed E-state index contributed by atoms with van der Waals surface area (Å²) < 4.78 is 0. The molecule has 1 saturated heterocycles. The first-order valence-corrected chi connectivity index (χ1v) is 7.72. The Morgan fingerprint density at radius 2 is 2.04 bits per heavy atom. The van der Waals surface area contributed by atoms with Gasteiger partial charge in [-0.25, -0.2) is 4.98 Å². The Morgan fingerprint density at radius 1 is 1.22 bits per heavy atom. The molecule has 0 radical (unpaired) electrons. The predicted octanol–water partition coefficient (Wildman–Crippen LogP) is 2.73. The third-order valence-corrected chi connectivity index (χ3v) is 3.96. The number of nitriles is 1. The molecule has 1 aliphatic heterocycles. The molecule has 1 amide bonds. The van der Waals surface area contributed by atoms with Crippen molar-refractivity contribution in [1.82, 2.24) is 9.88 Å². The van der Waals surface area contributed by atoms with Crippen molar-refractivity contribution in [2.75, 3.05) is 18.4 Å². The van der Waals surface area contributed by atoms with Gasteiger partial charge in [-0.2, -0.15) is 5.26 Å². The highest BCUT2D eigenvalue weighted by Gasteiger charge is 2.24. The smallest absolute Gasteiger partial charge is 0.222 e. The molecule has 3 rings (SSSR count). The van der Waals surface area contributed by atoms with Crippen LogP contribution in [0.2, 0.25) is 0 Å². The number of nitrogens with one attached hydrogen (secondary N) is 1. The van der Waals surface area contributed by atoms with Gasteiger partial charge in [0.25, 0.3) is 0 Å². The summed E-state index contributed by atoms with van der Waals surface area (Å²) >= 11 is 0. The first kappa shape index (κ1) is 15.0. The third kappa shape index (κ3) is 3.67. The minimum absolute atomic E-state index is 0.0558. The topological polar surface area (TPSA) is 69.0 Å². The number of carbonyl (C=O) groups excluding carboxylic acids is 1. The van der Waals surface area contributed by atoms with Gasteiger partial charge in [-0.3, -0.25) is 4.79 Å². The lowest BCUT2D eigenvalue weighted by atomic mass is 10.1. The number of rotatable bonds is 5. The standard InChI is InChI=1S/C18H18N4O/c19-12-15-8-4-9-17(20-15)21-16(14-6-2-1-3-7-14)13-22-11-5-10-18(22)23/h1-4,6-9,16H,5,10-11,13H2,(H,20,21). The van der Waals surface area contributed by atoms with Crippen LogP contribution in [0, 0.1) is 11.3 Å². The molecular weight excluding hydrogens is 288 g/mol. The molecule has 0 spiro atoms. The number of hydrogen-bond acceptors (Lipinski definition) is 4. The highest BCUT2D eigenvalue weighted by molar-refractivity contribution is 5.78. The van der Waals surface area contributed by atoms with Crippen LogP contribution >= 0.6 is 0 Å². The Bertz CT molecular complexity index is 723. The van der Waals surface area contributed by atoms with Gasteiger partial charge in [0.1, 0.15) is 17.6 Å². The number of pyridine rings is 1. The van der Waals surface area contributed by atoms with Gasteiger partial charge in [-0.15, -0.1) is 0 Å². The van der Waals surface area contributed by atoms with Crippen LogP contribution in [0.25, 0.3) is 0 Å². The van der Waals surface area contributed by atoms with Crippen LogP contribution in [0.1, 0.15) is 30.1 Å². The summed E-state index contributed by atoms with van der Waals surface area (Å²) in [4.78, 5) is 18.1. The van der Waals surface area contributed by atoms with Crippen LogP contribution in [0.4, 0.5) is 5.82 Å². The van der Waals surface area contributed by atoms with Gasteiger partial charge in [0.05, 0.1) is 6.04 Å². The zero-order chi connectivity index (χ0) is 16.1. The fourth-order valence-corrected chi connectivity index (χ4v) is 2.79. The van der Waals surface area contributed by atoms with E-state index in [1.807, 2.05) is 47.4 Å². The first-order chi connectivity index (χ1) is 11.3. The van der Waals surface area contributed by atoms with Crippen LogP contribution < -0.4 is 5.32 Å². The van der Waals surface area contributed by atoms with Crippen molar-refractivity contribution in [2.24, 2.45) is 0 Å². The summed E-state index contributed by atoms with van der Waals surface area (Å²) in [5.74, 6) is 0.844. The predicted molar refractivity (Wildman–Crippen MR) is 87.6 cm³/mol. The maximum atomic E-state index is 11.9. The average molecular weight is 306 g/mol.